The predicted octanol–water partition coefficient (Wildman–Crippen LogP) is -0.330. The van der Waals surface area contributed by atoms with Gasteiger partial charge in [0.1, 0.15) is 0 Å². The maximum atomic E-state index is 10.4. The third-order valence-corrected chi connectivity index (χ3v) is 0.898. The molecule has 0 saturated carbocycles. The van der Waals surface area contributed by atoms with Gasteiger partial charge in [-0.1, -0.05) is 0 Å². The zero-order valence-electron chi connectivity index (χ0n) is 7.68. The molecule has 0 unspecified atom stereocenters. The fraction of sp³-hybridized carbons (Fsp3) is 0.333. The molecule has 8 nitrogen and oxygen atoms in total. The molecule has 14 heavy (non-hydrogen) atoms. The topological polar surface area (TPSA) is 101 Å². The second-order valence-electron chi connectivity index (χ2n) is 1.76. The van der Waals surface area contributed by atoms with E-state index >= 15 is 0 Å². The molecule has 0 radical (unpaired) electrons. The van der Waals surface area contributed by atoms with Gasteiger partial charge in [0.15, 0.2) is 0 Å². The van der Waals surface area contributed by atoms with E-state index in [1.807, 2.05) is 10.9 Å². The molecule has 0 aliphatic carbocycles. The Kier molecular flexibility index (Phi) is 6.39. The van der Waals surface area contributed by atoms with Crippen molar-refractivity contribution in [3.8, 4) is 0 Å². The Hall–Kier alpha value is -2.12. The lowest BCUT2D eigenvalue weighted by molar-refractivity contribution is 0.170. The van der Waals surface area contributed by atoms with Crippen LogP contribution in [-0.2, 0) is 9.47 Å². The molecule has 0 fully saturated rings. The molecule has 0 aromatic carbocycles. The monoisotopic (exact) mass is 202 g/mol. The average molecular weight is 202 g/mol. The van der Waals surface area contributed by atoms with Gasteiger partial charge in [0.25, 0.3) is 0 Å². The molecule has 0 heterocycles. The van der Waals surface area contributed by atoms with Crippen LogP contribution in [0.3, 0.4) is 0 Å². The van der Waals surface area contributed by atoms with Crippen molar-refractivity contribution in [1.82, 2.24) is 10.9 Å². The van der Waals surface area contributed by atoms with Crippen LogP contribution in [0.2, 0.25) is 0 Å². The highest BCUT2D eigenvalue weighted by Crippen LogP contribution is 1.69. The van der Waals surface area contributed by atoms with Gasteiger partial charge in [0.2, 0.25) is 0 Å². The lowest BCUT2D eigenvalue weighted by atomic mass is 10.8. The van der Waals surface area contributed by atoms with E-state index in [0.717, 1.165) is 12.4 Å². The van der Waals surface area contributed by atoms with Gasteiger partial charge in [-0.2, -0.15) is 10.2 Å². The van der Waals surface area contributed by atoms with Crippen LogP contribution in [0, 0.1) is 0 Å². The van der Waals surface area contributed by atoms with Crippen molar-refractivity contribution >= 4 is 24.6 Å². The molecular weight excluding hydrogens is 192 g/mol. The third-order valence-electron chi connectivity index (χ3n) is 0.898. The third kappa shape index (κ3) is 6.58. The van der Waals surface area contributed by atoms with Gasteiger partial charge in [-0.3, -0.25) is 0 Å². The standard InChI is InChI=1S/C6H10N4O4/c1-13-5(11)9-7-3-4-8-10-6(12)14-2/h3-4H,1-2H3,(H,9,11)(H,10,12). The van der Waals surface area contributed by atoms with Crippen LogP contribution in [0.5, 0.6) is 0 Å². The smallest absolute Gasteiger partial charge is 0.427 e. The summed E-state index contributed by atoms with van der Waals surface area (Å²) in [5, 5.41) is 6.75. The summed E-state index contributed by atoms with van der Waals surface area (Å²) in [5.74, 6) is 0. The number of carbonyl (C=O) groups is 2. The molecule has 0 bridgehead atoms. The molecular formula is C6H10N4O4. The summed E-state index contributed by atoms with van der Waals surface area (Å²) in [6.07, 6.45) is 0.894. The first-order chi connectivity index (χ1) is 6.70. The summed E-state index contributed by atoms with van der Waals surface area (Å²) >= 11 is 0. The van der Waals surface area contributed by atoms with E-state index in [2.05, 4.69) is 19.7 Å². The minimum Gasteiger partial charge on any atom is -0.452 e. The predicted molar refractivity (Wildman–Crippen MR) is 48.1 cm³/mol. The zero-order valence-corrected chi connectivity index (χ0v) is 7.68. The van der Waals surface area contributed by atoms with Crippen molar-refractivity contribution in [3.63, 3.8) is 0 Å². The summed E-state index contributed by atoms with van der Waals surface area (Å²) in [4.78, 5) is 20.8. The van der Waals surface area contributed by atoms with Crippen molar-refractivity contribution in [1.29, 1.82) is 0 Å². The quantitative estimate of drug-likeness (QED) is 0.483. The van der Waals surface area contributed by atoms with Crippen molar-refractivity contribution in [3.05, 3.63) is 0 Å². The number of carbonyl (C=O) groups excluding carboxylic acids is 2. The maximum absolute atomic E-state index is 10.4. The molecule has 0 aliphatic rings. The normalized spacial score (nSPS) is 10.1. The van der Waals surface area contributed by atoms with Gasteiger partial charge < -0.3 is 9.47 Å². The summed E-state index contributed by atoms with van der Waals surface area (Å²) in [6.45, 7) is 0. The van der Waals surface area contributed by atoms with E-state index < -0.39 is 12.2 Å². The number of hydrogen-bond acceptors (Lipinski definition) is 6. The summed E-state index contributed by atoms with van der Waals surface area (Å²) in [5.41, 5.74) is 4.02. The number of amides is 2. The fourth-order valence-electron chi connectivity index (χ4n) is 0.338. The number of hydrogen-bond donors (Lipinski definition) is 2. The number of nitrogens with one attached hydrogen (secondary N) is 2. The molecule has 0 saturated heterocycles. The van der Waals surface area contributed by atoms with Crippen LogP contribution in [-0.4, -0.2) is 38.8 Å². The molecule has 2 N–H and O–H groups in total. The molecule has 2 amide bonds. The lowest BCUT2D eigenvalue weighted by Crippen LogP contribution is -2.18. The van der Waals surface area contributed by atoms with E-state index in [1.165, 1.54) is 14.2 Å². The van der Waals surface area contributed by atoms with E-state index in [4.69, 9.17) is 0 Å². The van der Waals surface area contributed by atoms with Crippen LogP contribution in [0.1, 0.15) is 0 Å². The van der Waals surface area contributed by atoms with Crippen molar-refractivity contribution in [2.24, 2.45) is 10.2 Å². The van der Waals surface area contributed by atoms with Crippen LogP contribution < -0.4 is 10.9 Å². The molecule has 78 valence electrons. The Morgan fingerprint density at radius 1 is 1.00 bits per heavy atom. The number of ether oxygens (including phenoxy) is 2. The SMILES string of the molecule is COC(=O)NN=CC=NNC(=O)OC. The number of rotatable bonds is 3. The molecule has 0 spiro atoms. The molecule has 0 aliphatic heterocycles. The van der Waals surface area contributed by atoms with E-state index in [9.17, 15) is 9.59 Å². The fourth-order valence-corrected chi connectivity index (χ4v) is 0.338. The molecule has 8 heteroatoms. The van der Waals surface area contributed by atoms with Gasteiger partial charge in [-0.25, -0.2) is 20.4 Å². The molecule has 0 aromatic rings. The first kappa shape index (κ1) is 11.9. The Labute approximate surface area is 79.9 Å². The first-order valence-corrected chi connectivity index (χ1v) is 3.43. The molecule has 0 aromatic heterocycles. The van der Waals surface area contributed by atoms with Gasteiger partial charge >= 0.3 is 12.2 Å². The maximum Gasteiger partial charge on any atom is 0.427 e. The Morgan fingerprint density at radius 2 is 1.36 bits per heavy atom. The second kappa shape index (κ2) is 7.53. The van der Waals surface area contributed by atoms with Crippen molar-refractivity contribution in [2.45, 2.75) is 0 Å². The number of methoxy groups -OCH3 is 2. The van der Waals surface area contributed by atoms with Crippen LogP contribution in [0.25, 0.3) is 0 Å². The minimum absolute atomic E-state index is 0.699. The van der Waals surface area contributed by atoms with E-state index in [1.54, 1.807) is 0 Å². The van der Waals surface area contributed by atoms with E-state index in [0.29, 0.717) is 0 Å². The van der Waals surface area contributed by atoms with Gasteiger partial charge in [-0.15, -0.1) is 0 Å². The highest BCUT2D eigenvalue weighted by Gasteiger charge is 1.92. The van der Waals surface area contributed by atoms with Gasteiger partial charge in [0.05, 0.1) is 26.6 Å². The summed E-state index contributed by atoms with van der Waals surface area (Å²) < 4.78 is 8.43. The lowest BCUT2D eigenvalue weighted by Gasteiger charge is -1.94. The highest BCUT2D eigenvalue weighted by molar-refractivity contribution is 6.16. The Morgan fingerprint density at radius 3 is 1.64 bits per heavy atom. The van der Waals surface area contributed by atoms with Crippen LogP contribution >= 0.6 is 0 Å². The number of hydrazone groups is 2. The van der Waals surface area contributed by atoms with Crippen LogP contribution in [0.15, 0.2) is 10.2 Å². The zero-order chi connectivity index (χ0) is 10.8. The Bertz CT molecular complexity index is 224. The second-order valence-corrected chi connectivity index (χ2v) is 1.76. The molecule has 0 rings (SSSR count). The van der Waals surface area contributed by atoms with Crippen molar-refractivity contribution < 1.29 is 19.1 Å². The largest absolute Gasteiger partial charge is 0.452 e. The summed E-state index contributed by atoms with van der Waals surface area (Å²) in [6, 6.07) is 0. The minimum atomic E-state index is -0.699. The summed E-state index contributed by atoms with van der Waals surface area (Å²) in [7, 11) is 2.41. The van der Waals surface area contributed by atoms with Crippen molar-refractivity contribution in [2.75, 3.05) is 14.2 Å². The van der Waals surface area contributed by atoms with Gasteiger partial charge in [-0.05, 0) is 0 Å². The average Bonchev–Trinajstić information content (AvgIpc) is 2.22. The van der Waals surface area contributed by atoms with Crippen LogP contribution in [0.4, 0.5) is 9.59 Å². The van der Waals surface area contributed by atoms with Gasteiger partial charge in [0, 0.05) is 0 Å². The highest BCUT2D eigenvalue weighted by atomic mass is 16.5. The Balaban J connectivity index is 3.60. The molecule has 0 atom stereocenters. The first-order valence-electron chi connectivity index (χ1n) is 3.43. The van der Waals surface area contributed by atoms with E-state index in [-0.39, 0.29) is 0 Å². The number of nitrogens with zero attached hydrogens (tertiary/aromatic N) is 2.